The molecule has 4 rings (SSSR count). The first-order valence-corrected chi connectivity index (χ1v) is 10.4. The van der Waals surface area contributed by atoms with Crippen LogP contribution < -0.4 is 11.1 Å². The molecule has 0 unspecified atom stereocenters. The number of hydrogen-bond acceptors (Lipinski definition) is 7. The Hall–Kier alpha value is -4.03. The summed E-state index contributed by atoms with van der Waals surface area (Å²) in [4.78, 5) is 20.7. The van der Waals surface area contributed by atoms with Crippen molar-refractivity contribution in [1.82, 2.24) is 4.98 Å². The zero-order valence-electron chi connectivity index (χ0n) is 18.2. The van der Waals surface area contributed by atoms with Crippen molar-refractivity contribution in [2.45, 2.75) is 31.2 Å². The number of rotatable bonds is 3. The largest absolute Gasteiger partial charge is 0.415 e. The number of alkyl halides is 3. The van der Waals surface area contributed by atoms with Gasteiger partial charge >= 0.3 is 6.18 Å². The molecule has 180 valence electrons. The average molecular weight is 486 g/mol. The maximum absolute atomic E-state index is 15.1. The van der Waals surface area contributed by atoms with E-state index in [-0.39, 0.29) is 34.8 Å². The monoisotopic (exact) mass is 486 g/mol. The third-order valence-corrected chi connectivity index (χ3v) is 6.36. The van der Waals surface area contributed by atoms with Crippen LogP contribution in [0, 0.1) is 39.8 Å². The summed E-state index contributed by atoms with van der Waals surface area (Å²) in [6.07, 6.45) is -6.22. The first kappa shape index (κ1) is 24.1. The van der Waals surface area contributed by atoms with Crippen LogP contribution in [0.4, 0.5) is 23.2 Å². The lowest BCUT2D eigenvalue weighted by molar-refractivity contribution is -0.218. The number of pyridine rings is 1. The molecule has 0 saturated carbocycles. The van der Waals surface area contributed by atoms with Gasteiger partial charge in [0.05, 0.1) is 18.2 Å². The number of aromatic nitrogens is 1. The van der Waals surface area contributed by atoms with Crippen LogP contribution in [0.1, 0.15) is 35.0 Å². The number of nitrogens with zero attached hydrogens (tertiary/aromatic N) is 4. The van der Waals surface area contributed by atoms with Crippen LogP contribution in [-0.2, 0) is 10.3 Å². The Bertz CT molecular complexity index is 1300. The van der Waals surface area contributed by atoms with Crippen molar-refractivity contribution in [3.63, 3.8) is 0 Å². The van der Waals surface area contributed by atoms with Crippen molar-refractivity contribution in [1.29, 1.82) is 10.5 Å². The number of nitrogens with one attached hydrogen (secondary N) is 1. The number of anilines is 1. The van der Waals surface area contributed by atoms with Crippen LogP contribution in [0.5, 0.6) is 0 Å². The van der Waals surface area contributed by atoms with Gasteiger partial charge in [0.15, 0.2) is 6.10 Å². The molecule has 2 aromatic rings. The molecular formula is C23H18F4N6O2. The molecule has 1 aromatic heterocycles. The minimum atomic E-state index is -4.78. The predicted molar refractivity (Wildman–Crippen MR) is 114 cm³/mol. The molecule has 3 heterocycles. The fourth-order valence-corrected chi connectivity index (χ4v) is 4.45. The summed E-state index contributed by atoms with van der Waals surface area (Å²) in [5.74, 6) is -3.20. The Kier molecular flexibility index (Phi) is 5.73. The first-order valence-electron chi connectivity index (χ1n) is 10.4. The second kappa shape index (κ2) is 8.32. The van der Waals surface area contributed by atoms with Gasteiger partial charge in [-0.2, -0.15) is 23.7 Å². The lowest BCUT2D eigenvalue weighted by Crippen LogP contribution is -2.51. The fourth-order valence-electron chi connectivity index (χ4n) is 4.45. The highest BCUT2D eigenvalue weighted by Crippen LogP contribution is 2.55. The molecule has 2 aliphatic heterocycles. The fraction of sp³-hybridized carbons (Fsp3) is 0.348. The van der Waals surface area contributed by atoms with E-state index in [0.29, 0.717) is 0 Å². The van der Waals surface area contributed by atoms with E-state index in [4.69, 9.17) is 15.7 Å². The molecule has 8 nitrogen and oxygen atoms in total. The molecular weight excluding hydrogens is 468 g/mol. The smallest absolute Gasteiger partial charge is 0.386 e. The summed E-state index contributed by atoms with van der Waals surface area (Å²) >= 11 is 0. The molecule has 35 heavy (non-hydrogen) atoms. The number of carbonyl (C=O) groups excluding carboxylic acids is 1. The number of ether oxygens (including phenoxy) is 1. The van der Waals surface area contributed by atoms with Gasteiger partial charge in [0.25, 0.3) is 5.91 Å². The highest BCUT2D eigenvalue weighted by atomic mass is 19.4. The maximum Gasteiger partial charge on any atom is 0.415 e. The van der Waals surface area contributed by atoms with Gasteiger partial charge in [-0.3, -0.25) is 9.79 Å². The summed E-state index contributed by atoms with van der Waals surface area (Å²) < 4.78 is 61.6. The SMILES string of the molecule is C[C@]1(C#N)C[C@H]2[C@H](C(F)(F)F)OC[C@@]2(c2cc(NC(=O)c3ccc(C#N)cn3)ccc2F)N=C1N. The van der Waals surface area contributed by atoms with E-state index in [0.717, 1.165) is 6.07 Å². The molecule has 0 bridgehead atoms. The number of hydrogen-bond donors (Lipinski definition) is 2. The Balaban J connectivity index is 1.76. The van der Waals surface area contributed by atoms with Gasteiger partial charge in [-0.25, -0.2) is 9.37 Å². The van der Waals surface area contributed by atoms with Crippen molar-refractivity contribution in [3.8, 4) is 12.1 Å². The molecule has 1 fully saturated rings. The highest BCUT2D eigenvalue weighted by molar-refractivity contribution is 6.03. The van der Waals surface area contributed by atoms with E-state index in [1.54, 1.807) is 0 Å². The second-order valence-corrected chi connectivity index (χ2v) is 8.64. The quantitative estimate of drug-likeness (QED) is 0.638. The molecule has 1 amide bonds. The van der Waals surface area contributed by atoms with Crippen molar-refractivity contribution in [2.75, 3.05) is 11.9 Å². The van der Waals surface area contributed by atoms with Gasteiger partial charge in [-0.05, 0) is 43.7 Å². The molecule has 1 saturated heterocycles. The Morgan fingerprint density at radius 2 is 2.03 bits per heavy atom. The van der Waals surface area contributed by atoms with Gasteiger partial charge < -0.3 is 15.8 Å². The molecule has 0 aliphatic carbocycles. The number of amidine groups is 1. The number of aliphatic imine (C=N–C) groups is 1. The Morgan fingerprint density at radius 3 is 2.63 bits per heavy atom. The van der Waals surface area contributed by atoms with E-state index >= 15 is 4.39 Å². The molecule has 0 spiro atoms. The molecule has 0 radical (unpaired) electrons. The zero-order valence-corrected chi connectivity index (χ0v) is 18.2. The van der Waals surface area contributed by atoms with Gasteiger partial charge in [-0.15, -0.1) is 0 Å². The molecule has 4 atom stereocenters. The lowest BCUT2D eigenvalue weighted by atomic mass is 9.66. The topological polar surface area (TPSA) is 137 Å². The van der Waals surface area contributed by atoms with E-state index in [1.807, 2.05) is 12.1 Å². The van der Waals surface area contributed by atoms with Crippen LogP contribution in [0.2, 0.25) is 0 Å². The van der Waals surface area contributed by atoms with Gasteiger partial charge in [0, 0.05) is 23.4 Å². The third-order valence-electron chi connectivity index (χ3n) is 6.36. The van der Waals surface area contributed by atoms with Crippen LogP contribution >= 0.6 is 0 Å². The van der Waals surface area contributed by atoms with Crippen molar-refractivity contribution in [2.24, 2.45) is 22.1 Å². The third kappa shape index (κ3) is 4.06. The summed E-state index contributed by atoms with van der Waals surface area (Å²) in [7, 11) is 0. The number of nitriles is 2. The van der Waals surface area contributed by atoms with Gasteiger partial charge in [-0.1, -0.05) is 0 Å². The summed E-state index contributed by atoms with van der Waals surface area (Å²) in [5.41, 5.74) is 2.69. The van der Waals surface area contributed by atoms with Crippen LogP contribution in [0.3, 0.4) is 0 Å². The number of fused-ring (bicyclic) bond motifs is 1. The number of halogens is 4. The van der Waals surface area contributed by atoms with E-state index in [1.165, 1.54) is 37.4 Å². The van der Waals surface area contributed by atoms with Crippen LogP contribution in [0.15, 0.2) is 41.5 Å². The zero-order chi connectivity index (χ0) is 25.6. The van der Waals surface area contributed by atoms with E-state index in [2.05, 4.69) is 15.3 Å². The van der Waals surface area contributed by atoms with Crippen LogP contribution in [0.25, 0.3) is 0 Å². The Labute approximate surface area is 197 Å². The summed E-state index contributed by atoms with van der Waals surface area (Å²) in [6.45, 7) is 0.759. The van der Waals surface area contributed by atoms with Crippen molar-refractivity contribution in [3.05, 3.63) is 59.2 Å². The highest BCUT2D eigenvalue weighted by Gasteiger charge is 2.64. The predicted octanol–water partition coefficient (Wildman–Crippen LogP) is 3.41. The van der Waals surface area contributed by atoms with E-state index in [9.17, 15) is 23.2 Å². The Morgan fingerprint density at radius 1 is 1.29 bits per heavy atom. The first-order chi connectivity index (χ1) is 16.4. The standard InChI is InChI=1S/C23H18F4N6O2/c1-21(10-29)7-15-18(23(25,26)27)35-11-22(15,33-20(21)30)14-6-13(3-4-16(14)24)32-19(34)17-5-2-12(8-28)9-31-17/h2-6,9,15,18H,7,11H2,1H3,(H2,30,33)(H,32,34)/t15-,18+,21+,22-/m0/s1. The van der Waals surface area contributed by atoms with Crippen molar-refractivity contribution >= 4 is 17.4 Å². The molecule has 1 aromatic carbocycles. The normalized spacial score (nSPS) is 27.8. The lowest BCUT2D eigenvalue weighted by Gasteiger charge is -2.42. The average Bonchev–Trinajstić information content (AvgIpc) is 3.19. The molecule has 3 N–H and O–H groups in total. The molecule has 2 aliphatic rings. The number of amides is 1. The maximum atomic E-state index is 15.1. The van der Waals surface area contributed by atoms with Crippen LogP contribution in [-0.4, -0.2) is 35.6 Å². The summed E-state index contributed by atoms with van der Waals surface area (Å²) in [6, 6.07) is 9.89. The second-order valence-electron chi connectivity index (χ2n) is 8.64. The number of nitrogens with two attached hydrogens (primary N) is 1. The summed E-state index contributed by atoms with van der Waals surface area (Å²) in [5, 5.41) is 20.9. The number of benzene rings is 1. The minimum absolute atomic E-state index is 0.0306. The van der Waals surface area contributed by atoms with Crippen molar-refractivity contribution < 1.29 is 27.1 Å². The van der Waals surface area contributed by atoms with Gasteiger partial charge in [0.2, 0.25) is 0 Å². The van der Waals surface area contributed by atoms with E-state index < -0.39 is 47.5 Å². The van der Waals surface area contributed by atoms with Gasteiger partial charge in [0.1, 0.15) is 34.4 Å². The molecule has 12 heteroatoms. The number of carbonyl (C=O) groups is 1. The minimum Gasteiger partial charge on any atom is -0.386 e.